The highest BCUT2D eigenvalue weighted by atomic mass is 79.9. The second kappa shape index (κ2) is 10.1. The minimum Gasteiger partial charge on any atom is -0.335 e. The lowest BCUT2D eigenvalue weighted by atomic mass is 10.2. The van der Waals surface area contributed by atoms with Crippen molar-refractivity contribution in [3.63, 3.8) is 0 Å². The molecule has 8 heteroatoms. The number of amides is 4. The van der Waals surface area contributed by atoms with Crippen LogP contribution in [0.2, 0.25) is 0 Å². The summed E-state index contributed by atoms with van der Waals surface area (Å²) in [5.41, 5.74) is 1.68. The number of nitrogens with one attached hydrogen (secondary N) is 4. The average molecular weight is 414 g/mol. The summed E-state index contributed by atoms with van der Waals surface area (Å²) in [6.45, 7) is 5.85. The van der Waals surface area contributed by atoms with E-state index in [1.807, 2.05) is 39.0 Å². The van der Waals surface area contributed by atoms with Gasteiger partial charge in [0.15, 0.2) is 13.1 Å². The van der Waals surface area contributed by atoms with E-state index in [4.69, 9.17) is 0 Å². The van der Waals surface area contributed by atoms with E-state index in [0.717, 1.165) is 22.1 Å². The van der Waals surface area contributed by atoms with E-state index in [0.29, 0.717) is 4.90 Å². The second-order valence-electron chi connectivity index (χ2n) is 6.15. The van der Waals surface area contributed by atoms with Gasteiger partial charge in [-0.1, -0.05) is 22.9 Å². The number of carbonyl (C=O) groups excluding carboxylic acids is 3. The van der Waals surface area contributed by atoms with Gasteiger partial charge in [0, 0.05) is 16.2 Å². The number of rotatable bonds is 7. The van der Waals surface area contributed by atoms with Gasteiger partial charge in [-0.3, -0.25) is 14.9 Å². The number of carbonyl (C=O) groups is 3. The van der Waals surface area contributed by atoms with E-state index in [9.17, 15) is 14.4 Å². The van der Waals surface area contributed by atoms with Crippen LogP contribution in [0.5, 0.6) is 0 Å². The number of anilines is 1. The maximum absolute atomic E-state index is 12.1. The molecule has 1 aromatic rings. The van der Waals surface area contributed by atoms with Crippen molar-refractivity contribution in [2.75, 3.05) is 25.5 Å². The molecule has 0 aliphatic heterocycles. The zero-order valence-electron chi connectivity index (χ0n) is 15.0. The molecule has 138 valence electrons. The second-order valence-corrected chi connectivity index (χ2v) is 7.06. The fourth-order valence-electron chi connectivity index (χ4n) is 2.11. The third-order valence-electron chi connectivity index (χ3n) is 3.63. The van der Waals surface area contributed by atoms with Crippen LogP contribution in [0.15, 0.2) is 22.7 Å². The SMILES string of the molecule is CC[C@H](C)NC(=O)NC(=O)C[NH+](C)CC(=O)Nc1ccc(Br)cc1C. The van der Waals surface area contributed by atoms with Gasteiger partial charge in [0.05, 0.1) is 7.05 Å². The molecule has 2 atom stereocenters. The lowest BCUT2D eigenvalue weighted by molar-refractivity contribution is -0.862. The highest BCUT2D eigenvalue weighted by molar-refractivity contribution is 9.10. The molecule has 0 aliphatic rings. The van der Waals surface area contributed by atoms with Gasteiger partial charge < -0.3 is 15.5 Å². The number of benzene rings is 1. The van der Waals surface area contributed by atoms with E-state index in [1.54, 1.807) is 7.05 Å². The Morgan fingerprint density at radius 3 is 2.44 bits per heavy atom. The number of halogens is 1. The molecule has 1 rings (SSSR count). The standard InChI is InChI=1S/C17H25BrN4O3/c1-5-12(3)19-17(25)21-16(24)10-22(4)9-15(23)20-14-7-6-13(18)8-11(14)2/h6-8,12H,5,9-10H2,1-4H3,(H,20,23)(H2,19,21,24,25)/p+1/t12-/m0/s1. The molecule has 1 unspecified atom stereocenters. The maximum atomic E-state index is 12.1. The van der Waals surface area contributed by atoms with Gasteiger partial charge in [0.2, 0.25) is 0 Å². The van der Waals surface area contributed by atoms with Gasteiger partial charge in [-0.2, -0.15) is 0 Å². The molecule has 0 saturated carbocycles. The van der Waals surface area contributed by atoms with Crippen LogP contribution in [0.1, 0.15) is 25.8 Å². The fourth-order valence-corrected chi connectivity index (χ4v) is 2.58. The van der Waals surface area contributed by atoms with Gasteiger partial charge in [0.25, 0.3) is 11.8 Å². The molecule has 4 N–H and O–H groups in total. The number of quaternary nitrogens is 1. The number of hydrogen-bond acceptors (Lipinski definition) is 3. The van der Waals surface area contributed by atoms with Gasteiger partial charge >= 0.3 is 6.03 Å². The summed E-state index contributed by atoms with van der Waals surface area (Å²) >= 11 is 3.37. The lowest BCUT2D eigenvalue weighted by Crippen LogP contribution is -3.11. The molecule has 0 spiro atoms. The normalized spacial score (nSPS) is 12.8. The van der Waals surface area contributed by atoms with Crippen LogP contribution in [-0.4, -0.2) is 44.0 Å². The first-order chi connectivity index (χ1) is 11.7. The number of hydrogen-bond donors (Lipinski definition) is 4. The first-order valence-corrected chi connectivity index (χ1v) is 8.98. The molecule has 7 nitrogen and oxygen atoms in total. The predicted octanol–water partition coefficient (Wildman–Crippen LogP) is 0.835. The van der Waals surface area contributed by atoms with E-state index < -0.39 is 11.9 Å². The molecular formula is C17H26BrN4O3+. The van der Waals surface area contributed by atoms with E-state index in [-0.39, 0.29) is 25.0 Å². The summed E-state index contributed by atoms with van der Waals surface area (Å²) in [7, 11) is 1.72. The first kappa shape index (κ1) is 21.1. The lowest BCUT2D eigenvalue weighted by Gasteiger charge is -2.15. The molecule has 0 bridgehead atoms. The Morgan fingerprint density at radius 2 is 1.84 bits per heavy atom. The Kier molecular flexibility index (Phi) is 8.57. The van der Waals surface area contributed by atoms with E-state index >= 15 is 0 Å². The van der Waals surface area contributed by atoms with Crippen molar-refractivity contribution < 1.29 is 19.3 Å². The zero-order valence-corrected chi connectivity index (χ0v) is 16.6. The zero-order chi connectivity index (χ0) is 19.0. The molecule has 0 saturated heterocycles. The molecule has 0 aliphatic carbocycles. The minimum absolute atomic E-state index is 0.00203. The third-order valence-corrected chi connectivity index (χ3v) is 4.12. The van der Waals surface area contributed by atoms with Crippen LogP contribution in [0.4, 0.5) is 10.5 Å². The van der Waals surface area contributed by atoms with Crippen molar-refractivity contribution in [1.82, 2.24) is 10.6 Å². The third kappa shape index (κ3) is 8.13. The van der Waals surface area contributed by atoms with Crippen molar-refractivity contribution in [1.29, 1.82) is 0 Å². The number of aryl methyl sites for hydroxylation is 1. The summed E-state index contributed by atoms with van der Waals surface area (Å²) in [6, 6.07) is 5.07. The van der Waals surface area contributed by atoms with Crippen molar-refractivity contribution in [3.05, 3.63) is 28.2 Å². The van der Waals surface area contributed by atoms with Crippen LogP contribution in [0.3, 0.4) is 0 Å². The fraction of sp³-hybridized carbons (Fsp3) is 0.471. The first-order valence-electron chi connectivity index (χ1n) is 8.18. The predicted molar refractivity (Wildman–Crippen MR) is 101 cm³/mol. The highest BCUT2D eigenvalue weighted by Gasteiger charge is 2.17. The molecule has 0 aromatic heterocycles. The van der Waals surface area contributed by atoms with Crippen molar-refractivity contribution >= 4 is 39.5 Å². The topological polar surface area (TPSA) is 91.7 Å². The molecule has 0 fully saturated rings. The quantitative estimate of drug-likeness (QED) is 0.533. The summed E-state index contributed by atoms with van der Waals surface area (Å²) in [4.78, 5) is 36.2. The molecule has 4 amide bonds. The summed E-state index contributed by atoms with van der Waals surface area (Å²) in [5.74, 6) is -0.620. The van der Waals surface area contributed by atoms with Gasteiger partial charge in [-0.25, -0.2) is 4.79 Å². The smallest absolute Gasteiger partial charge is 0.321 e. The number of urea groups is 1. The molecule has 0 heterocycles. The molecular weight excluding hydrogens is 388 g/mol. The van der Waals surface area contributed by atoms with Crippen LogP contribution in [0, 0.1) is 6.92 Å². The largest absolute Gasteiger partial charge is 0.335 e. The van der Waals surface area contributed by atoms with Gasteiger partial charge in [0.1, 0.15) is 0 Å². The number of likely N-dealkylation sites (N-methyl/N-ethyl adjacent to an activating group) is 1. The molecule has 25 heavy (non-hydrogen) atoms. The van der Waals surface area contributed by atoms with Crippen molar-refractivity contribution in [3.8, 4) is 0 Å². The van der Waals surface area contributed by atoms with Crippen LogP contribution in [0.25, 0.3) is 0 Å². The average Bonchev–Trinajstić information content (AvgIpc) is 2.49. The Balaban J connectivity index is 2.42. The Bertz CT molecular complexity index is 636. The Hall–Kier alpha value is -1.93. The summed E-state index contributed by atoms with van der Waals surface area (Å²) < 4.78 is 0.943. The summed E-state index contributed by atoms with van der Waals surface area (Å²) in [6.07, 6.45) is 0.780. The van der Waals surface area contributed by atoms with Gasteiger partial charge in [-0.05, 0) is 44.0 Å². The molecule has 1 aromatic carbocycles. The number of imide groups is 1. The summed E-state index contributed by atoms with van der Waals surface area (Å²) in [5, 5.41) is 7.75. The Morgan fingerprint density at radius 1 is 1.20 bits per heavy atom. The van der Waals surface area contributed by atoms with Crippen molar-refractivity contribution in [2.24, 2.45) is 0 Å². The van der Waals surface area contributed by atoms with Gasteiger partial charge in [-0.15, -0.1) is 0 Å². The van der Waals surface area contributed by atoms with Crippen molar-refractivity contribution in [2.45, 2.75) is 33.2 Å². The molecule has 0 radical (unpaired) electrons. The van der Waals surface area contributed by atoms with E-state index in [1.165, 1.54) is 0 Å². The van der Waals surface area contributed by atoms with Crippen LogP contribution >= 0.6 is 15.9 Å². The Labute approximate surface area is 156 Å². The maximum Gasteiger partial charge on any atom is 0.321 e. The van der Waals surface area contributed by atoms with Crippen LogP contribution < -0.4 is 20.9 Å². The van der Waals surface area contributed by atoms with E-state index in [2.05, 4.69) is 31.9 Å². The minimum atomic E-state index is -0.512. The van der Waals surface area contributed by atoms with Crippen LogP contribution in [-0.2, 0) is 9.59 Å². The monoisotopic (exact) mass is 413 g/mol. The highest BCUT2D eigenvalue weighted by Crippen LogP contribution is 2.19.